The number of rotatable bonds is 7. The molecule has 5 heteroatoms. The third kappa shape index (κ3) is 5.13. The van der Waals surface area contributed by atoms with Gasteiger partial charge in [0.25, 0.3) is 0 Å². The second-order valence-electron chi connectivity index (χ2n) is 5.39. The number of hydrogen-bond donors (Lipinski definition) is 1. The maximum absolute atomic E-state index is 10.7. The second kappa shape index (κ2) is 9.18. The summed E-state index contributed by atoms with van der Waals surface area (Å²) in [5.74, 6) is -1.61. The van der Waals surface area contributed by atoms with Gasteiger partial charge in [0.1, 0.15) is 0 Å². The number of carboxylic acids is 1. The first-order chi connectivity index (χ1) is 10.5. The van der Waals surface area contributed by atoms with Gasteiger partial charge in [0.2, 0.25) is 0 Å². The molecule has 0 radical (unpaired) electrons. The molecule has 122 valence electrons. The average Bonchev–Trinajstić information content (AvgIpc) is 2.60. The fourth-order valence-corrected chi connectivity index (χ4v) is 2.32. The van der Waals surface area contributed by atoms with Gasteiger partial charge in [-0.3, -0.25) is 0 Å². The van der Waals surface area contributed by atoms with E-state index >= 15 is 0 Å². The zero-order valence-corrected chi connectivity index (χ0v) is 13.3. The average molecular weight is 308 g/mol. The molecule has 0 saturated heterocycles. The van der Waals surface area contributed by atoms with Crippen LogP contribution in [0.15, 0.2) is 22.8 Å². The Morgan fingerprint density at radius 3 is 2.05 bits per heavy atom. The van der Waals surface area contributed by atoms with E-state index in [1.807, 2.05) is 13.0 Å². The maximum atomic E-state index is 10.7. The standard InChI is InChI=1S/C11H20O2.C6H4O3/c1-3-5-6-7-9-10(8-4-2)11(12)13;7-5-3-1-2-4(3)6(8)9-5/h8H,3-7,9H2,1-2H3,(H,12,13);1-2H2. The molecule has 0 amide bonds. The van der Waals surface area contributed by atoms with Crippen molar-refractivity contribution in [2.75, 3.05) is 0 Å². The molecule has 5 nitrogen and oxygen atoms in total. The summed E-state index contributed by atoms with van der Waals surface area (Å²) in [5, 5.41) is 8.79. The molecule has 0 saturated carbocycles. The summed E-state index contributed by atoms with van der Waals surface area (Å²) in [7, 11) is 0. The molecule has 0 aromatic heterocycles. The van der Waals surface area contributed by atoms with Crippen LogP contribution in [0.4, 0.5) is 0 Å². The summed E-state index contributed by atoms with van der Waals surface area (Å²) in [6.07, 6.45) is 9.35. The molecule has 0 fully saturated rings. The van der Waals surface area contributed by atoms with E-state index in [1.54, 1.807) is 0 Å². The smallest absolute Gasteiger partial charge is 0.342 e. The Labute approximate surface area is 131 Å². The van der Waals surface area contributed by atoms with Crippen LogP contribution in [0.2, 0.25) is 0 Å². The number of carbonyl (C=O) groups excluding carboxylic acids is 2. The molecular weight excluding hydrogens is 284 g/mol. The van der Waals surface area contributed by atoms with Crippen LogP contribution in [0.3, 0.4) is 0 Å². The van der Waals surface area contributed by atoms with Crippen molar-refractivity contribution in [2.24, 2.45) is 0 Å². The second-order valence-corrected chi connectivity index (χ2v) is 5.39. The molecule has 0 atom stereocenters. The van der Waals surface area contributed by atoms with Gasteiger partial charge in [-0.25, -0.2) is 14.4 Å². The van der Waals surface area contributed by atoms with Crippen LogP contribution in [0.1, 0.15) is 65.2 Å². The molecule has 0 spiro atoms. The first-order valence-electron chi connectivity index (χ1n) is 7.92. The molecule has 0 aromatic rings. The van der Waals surface area contributed by atoms with E-state index in [2.05, 4.69) is 11.7 Å². The van der Waals surface area contributed by atoms with Gasteiger partial charge in [-0.05, 0) is 32.1 Å². The maximum Gasteiger partial charge on any atom is 0.342 e. The number of unbranched alkanes of at least 4 members (excludes halogenated alkanes) is 3. The zero-order valence-electron chi connectivity index (χ0n) is 13.3. The highest BCUT2D eigenvalue weighted by molar-refractivity contribution is 6.14. The van der Waals surface area contributed by atoms with Gasteiger partial charge in [0, 0.05) is 16.7 Å². The minimum Gasteiger partial charge on any atom is -0.478 e. The quantitative estimate of drug-likeness (QED) is 0.337. The van der Waals surface area contributed by atoms with E-state index in [0.29, 0.717) is 16.7 Å². The summed E-state index contributed by atoms with van der Waals surface area (Å²) in [5.41, 5.74) is 1.78. The van der Waals surface area contributed by atoms with Crippen LogP contribution in [0.25, 0.3) is 0 Å². The SMILES string of the molecule is CCC=C(CCCCCC)C(=O)O.O=C1OC(=O)C2=C1CC2. The summed E-state index contributed by atoms with van der Waals surface area (Å²) in [6.45, 7) is 4.12. The third-order valence-electron chi connectivity index (χ3n) is 3.69. The Morgan fingerprint density at radius 1 is 1.09 bits per heavy atom. The zero-order chi connectivity index (χ0) is 16.5. The van der Waals surface area contributed by atoms with Crippen molar-refractivity contribution >= 4 is 17.9 Å². The normalized spacial score (nSPS) is 16.5. The van der Waals surface area contributed by atoms with Crippen LogP contribution in [-0.2, 0) is 19.1 Å². The predicted octanol–water partition coefficient (Wildman–Crippen LogP) is 3.54. The Balaban J connectivity index is 0.000000231. The molecular formula is C17H24O5. The first kappa shape index (κ1) is 18.1. The van der Waals surface area contributed by atoms with Crippen molar-refractivity contribution in [1.29, 1.82) is 0 Å². The lowest BCUT2D eigenvalue weighted by molar-refractivity contribution is -0.150. The molecule has 2 aliphatic rings. The Morgan fingerprint density at radius 2 is 1.68 bits per heavy atom. The minimum atomic E-state index is -0.752. The molecule has 0 bridgehead atoms. The highest BCUT2D eigenvalue weighted by Gasteiger charge is 2.38. The Hall–Kier alpha value is -1.91. The van der Waals surface area contributed by atoms with E-state index in [9.17, 15) is 14.4 Å². The first-order valence-corrected chi connectivity index (χ1v) is 7.92. The molecule has 1 aliphatic heterocycles. The lowest BCUT2D eigenvalue weighted by atomic mass is 9.91. The monoisotopic (exact) mass is 308 g/mol. The van der Waals surface area contributed by atoms with E-state index in [4.69, 9.17) is 5.11 Å². The van der Waals surface area contributed by atoms with E-state index in [-0.39, 0.29) is 0 Å². The number of aliphatic carboxylic acids is 1. The fraction of sp³-hybridized carbons (Fsp3) is 0.588. The highest BCUT2D eigenvalue weighted by Crippen LogP contribution is 2.34. The van der Waals surface area contributed by atoms with Crippen LogP contribution in [0.5, 0.6) is 0 Å². The molecule has 2 rings (SSSR count). The lowest BCUT2D eigenvalue weighted by Crippen LogP contribution is -2.05. The van der Waals surface area contributed by atoms with E-state index in [1.165, 1.54) is 12.8 Å². The van der Waals surface area contributed by atoms with Crippen molar-refractivity contribution < 1.29 is 24.2 Å². The van der Waals surface area contributed by atoms with Crippen molar-refractivity contribution in [3.63, 3.8) is 0 Å². The number of allylic oxidation sites excluding steroid dienone is 1. The number of ether oxygens (including phenoxy) is 1. The number of cyclic esters (lactones) is 2. The van der Waals surface area contributed by atoms with E-state index < -0.39 is 17.9 Å². The fourth-order valence-electron chi connectivity index (χ4n) is 2.32. The van der Waals surface area contributed by atoms with Crippen molar-refractivity contribution in [2.45, 2.75) is 65.2 Å². The van der Waals surface area contributed by atoms with Crippen molar-refractivity contribution in [3.8, 4) is 0 Å². The van der Waals surface area contributed by atoms with Gasteiger partial charge < -0.3 is 9.84 Å². The molecule has 0 unspecified atom stereocenters. The van der Waals surface area contributed by atoms with Gasteiger partial charge in [-0.1, -0.05) is 39.2 Å². The van der Waals surface area contributed by atoms with Gasteiger partial charge in [0.05, 0.1) is 0 Å². The minimum absolute atomic E-state index is 0.429. The lowest BCUT2D eigenvalue weighted by Gasteiger charge is -2.07. The third-order valence-corrected chi connectivity index (χ3v) is 3.69. The van der Waals surface area contributed by atoms with E-state index in [0.717, 1.165) is 38.5 Å². The molecule has 1 heterocycles. The number of carbonyl (C=O) groups is 3. The summed E-state index contributed by atoms with van der Waals surface area (Å²) in [4.78, 5) is 31.8. The van der Waals surface area contributed by atoms with Crippen LogP contribution in [0, 0.1) is 0 Å². The van der Waals surface area contributed by atoms with Crippen LogP contribution >= 0.6 is 0 Å². The molecule has 1 aliphatic carbocycles. The van der Waals surface area contributed by atoms with Gasteiger partial charge in [-0.15, -0.1) is 0 Å². The topological polar surface area (TPSA) is 80.7 Å². The Bertz CT molecular complexity index is 475. The summed E-state index contributed by atoms with van der Waals surface area (Å²) >= 11 is 0. The van der Waals surface area contributed by atoms with Crippen LogP contribution in [-0.4, -0.2) is 23.0 Å². The number of esters is 2. The number of hydrogen-bond acceptors (Lipinski definition) is 4. The van der Waals surface area contributed by atoms with Crippen molar-refractivity contribution in [3.05, 3.63) is 22.8 Å². The van der Waals surface area contributed by atoms with Crippen molar-refractivity contribution in [1.82, 2.24) is 0 Å². The molecule has 22 heavy (non-hydrogen) atoms. The Kier molecular flexibility index (Phi) is 7.57. The highest BCUT2D eigenvalue weighted by atomic mass is 16.6. The van der Waals surface area contributed by atoms with Crippen LogP contribution < -0.4 is 0 Å². The molecule has 1 N–H and O–H groups in total. The number of carboxylic acid groups (broad SMARTS) is 1. The predicted molar refractivity (Wildman–Crippen MR) is 82.1 cm³/mol. The molecule has 0 aromatic carbocycles. The summed E-state index contributed by atoms with van der Waals surface area (Å²) in [6, 6.07) is 0. The van der Waals surface area contributed by atoms with Gasteiger partial charge in [-0.2, -0.15) is 0 Å². The van der Waals surface area contributed by atoms with Gasteiger partial charge in [0.15, 0.2) is 0 Å². The van der Waals surface area contributed by atoms with Gasteiger partial charge >= 0.3 is 17.9 Å². The summed E-state index contributed by atoms with van der Waals surface area (Å²) < 4.78 is 4.30. The largest absolute Gasteiger partial charge is 0.478 e.